The average molecular weight is 365 g/mol. The van der Waals surface area contributed by atoms with E-state index < -0.39 is 11.5 Å². The molecule has 0 aliphatic carbocycles. The molecule has 3 aromatic rings. The van der Waals surface area contributed by atoms with Crippen molar-refractivity contribution in [1.82, 2.24) is 0 Å². The normalized spacial score (nSPS) is 15.0. The molecule has 6 heteroatoms. The Balaban J connectivity index is 1.46. The maximum absolute atomic E-state index is 12.5. The van der Waals surface area contributed by atoms with Crippen LogP contribution in [0.1, 0.15) is 15.9 Å². The van der Waals surface area contributed by atoms with Crippen LogP contribution >= 0.6 is 0 Å². The van der Waals surface area contributed by atoms with E-state index in [1.54, 1.807) is 24.3 Å². The van der Waals surface area contributed by atoms with Gasteiger partial charge in [0.05, 0.1) is 13.2 Å². The van der Waals surface area contributed by atoms with Crippen LogP contribution in [0.15, 0.2) is 63.8 Å². The minimum Gasteiger partial charge on any atom is -0.422 e. The first-order valence-electron chi connectivity index (χ1n) is 9.03. The summed E-state index contributed by atoms with van der Waals surface area (Å²) in [6.45, 7) is 4.56. The standard InChI is InChI=1S/C21H20N2O4/c24-20(18-13-16-3-1-2-4-19(16)27-21(18)25)22-17-7-5-15(6-8-17)14-23-9-11-26-12-10-23/h1-8,13H,9-12,14H2,(H,22,24)/p+1. The topological polar surface area (TPSA) is 73.0 Å². The maximum atomic E-state index is 12.5. The van der Waals surface area contributed by atoms with Gasteiger partial charge in [-0.3, -0.25) is 4.79 Å². The predicted molar refractivity (Wildman–Crippen MR) is 102 cm³/mol. The molecule has 1 aromatic heterocycles. The monoisotopic (exact) mass is 365 g/mol. The molecule has 0 bridgehead atoms. The molecule has 0 spiro atoms. The van der Waals surface area contributed by atoms with Crippen LogP contribution in [0.3, 0.4) is 0 Å². The molecular weight excluding hydrogens is 344 g/mol. The van der Waals surface area contributed by atoms with Crippen LogP contribution in [0.5, 0.6) is 0 Å². The van der Waals surface area contributed by atoms with Crippen LogP contribution in [0.4, 0.5) is 5.69 Å². The Morgan fingerprint density at radius 3 is 2.56 bits per heavy atom. The number of hydrogen-bond acceptors (Lipinski definition) is 4. The quantitative estimate of drug-likeness (QED) is 0.687. The molecule has 1 aliphatic heterocycles. The minimum absolute atomic E-state index is 0.00413. The smallest absolute Gasteiger partial charge is 0.349 e. The van der Waals surface area contributed by atoms with Crippen LogP contribution < -0.4 is 15.8 Å². The van der Waals surface area contributed by atoms with E-state index >= 15 is 0 Å². The summed E-state index contributed by atoms with van der Waals surface area (Å²) >= 11 is 0. The average Bonchev–Trinajstić information content (AvgIpc) is 2.69. The van der Waals surface area contributed by atoms with Crippen molar-refractivity contribution in [1.29, 1.82) is 0 Å². The molecule has 1 amide bonds. The number of para-hydroxylation sites is 1. The fourth-order valence-corrected chi connectivity index (χ4v) is 3.25. The van der Waals surface area contributed by atoms with Gasteiger partial charge in [0.1, 0.15) is 30.8 Å². The third-order valence-corrected chi connectivity index (χ3v) is 4.75. The lowest BCUT2D eigenvalue weighted by atomic mass is 10.1. The number of quaternary nitrogens is 1. The Kier molecular flexibility index (Phi) is 5.00. The maximum Gasteiger partial charge on any atom is 0.349 e. The van der Waals surface area contributed by atoms with E-state index in [0.717, 1.165) is 32.8 Å². The summed E-state index contributed by atoms with van der Waals surface area (Å²) < 4.78 is 10.6. The highest BCUT2D eigenvalue weighted by atomic mass is 16.5. The van der Waals surface area contributed by atoms with Crippen molar-refractivity contribution >= 4 is 22.6 Å². The molecule has 4 rings (SSSR count). The molecule has 0 saturated carbocycles. The van der Waals surface area contributed by atoms with Gasteiger partial charge in [-0.05, 0) is 24.3 Å². The van der Waals surface area contributed by atoms with Crippen molar-refractivity contribution in [2.45, 2.75) is 6.54 Å². The molecule has 0 radical (unpaired) electrons. The SMILES string of the molecule is O=C(Nc1ccc(C[NH+]2CCOCC2)cc1)c1cc2ccccc2oc1=O. The van der Waals surface area contributed by atoms with Gasteiger partial charge in [0, 0.05) is 16.6 Å². The van der Waals surface area contributed by atoms with Crippen LogP contribution in [0.2, 0.25) is 0 Å². The number of fused-ring (bicyclic) bond motifs is 1. The second-order valence-electron chi connectivity index (χ2n) is 6.68. The molecule has 1 saturated heterocycles. The largest absolute Gasteiger partial charge is 0.422 e. The minimum atomic E-state index is -0.640. The van der Waals surface area contributed by atoms with Gasteiger partial charge < -0.3 is 19.4 Å². The van der Waals surface area contributed by atoms with Crippen molar-refractivity contribution in [3.05, 3.63) is 76.1 Å². The number of amides is 1. The first kappa shape index (κ1) is 17.5. The molecule has 0 unspecified atom stereocenters. The molecule has 0 atom stereocenters. The van der Waals surface area contributed by atoms with E-state index in [-0.39, 0.29) is 5.56 Å². The number of morpholine rings is 1. The van der Waals surface area contributed by atoms with E-state index in [1.165, 1.54) is 10.5 Å². The Morgan fingerprint density at radius 2 is 1.78 bits per heavy atom. The molecule has 2 aromatic carbocycles. The highest BCUT2D eigenvalue weighted by Crippen LogP contribution is 2.14. The summed E-state index contributed by atoms with van der Waals surface area (Å²) in [5, 5.41) is 3.48. The second-order valence-corrected chi connectivity index (χ2v) is 6.68. The third kappa shape index (κ3) is 4.07. The summed E-state index contributed by atoms with van der Waals surface area (Å²) in [6, 6.07) is 16.4. The van der Waals surface area contributed by atoms with E-state index in [9.17, 15) is 9.59 Å². The number of anilines is 1. The zero-order valence-electron chi connectivity index (χ0n) is 14.9. The lowest BCUT2D eigenvalue weighted by Crippen LogP contribution is -3.12. The predicted octanol–water partition coefficient (Wildman–Crippen LogP) is 1.46. The van der Waals surface area contributed by atoms with Gasteiger partial charge in [0.15, 0.2) is 0 Å². The fraction of sp³-hybridized carbons (Fsp3) is 0.238. The number of carbonyl (C=O) groups is 1. The number of benzene rings is 2. The lowest BCUT2D eigenvalue weighted by Gasteiger charge is -2.23. The van der Waals surface area contributed by atoms with Crippen molar-refractivity contribution in [2.75, 3.05) is 31.6 Å². The summed E-state index contributed by atoms with van der Waals surface area (Å²) in [7, 11) is 0. The van der Waals surface area contributed by atoms with E-state index in [0.29, 0.717) is 16.7 Å². The zero-order valence-corrected chi connectivity index (χ0v) is 14.9. The number of rotatable bonds is 4. The molecule has 2 N–H and O–H groups in total. The highest BCUT2D eigenvalue weighted by Gasteiger charge is 2.15. The summed E-state index contributed by atoms with van der Waals surface area (Å²) in [4.78, 5) is 26.1. The van der Waals surface area contributed by atoms with Crippen LogP contribution in [0, 0.1) is 0 Å². The Bertz CT molecular complexity index is 1000. The molecule has 1 aliphatic rings. The number of hydrogen-bond donors (Lipinski definition) is 2. The van der Waals surface area contributed by atoms with Crippen molar-refractivity contribution in [3.63, 3.8) is 0 Å². The van der Waals surface area contributed by atoms with Gasteiger partial charge in [0.2, 0.25) is 0 Å². The Labute approximate surface area is 156 Å². The van der Waals surface area contributed by atoms with Crippen LogP contribution in [-0.2, 0) is 11.3 Å². The van der Waals surface area contributed by atoms with Gasteiger partial charge >= 0.3 is 5.63 Å². The summed E-state index contributed by atoms with van der Waals surface area (Å²) in [5.41, 5.74) is 1.67. The van der Waals surface area contributed by atoms with Crippen molar-refractivity contribution in [2.24, 2.45) is 0 Å². The summed E-state index contributed by atoms with van der Waals surface area (Å²) in [6.07, 6.45) is 0. The van der Waals surface area contributed by atoms with Crippen LogP contribution in [-0.4, -0.2) is 32.2 Å². The molecule has 27 heavy (non-hydrogen) atoms. The zero-order chi connectivity index (χ0) is 18.6. The number of ether oxygens (including phenoxy) is 1. The van der Waals surface area contributed by atoms with Gasteiger partial charge in [0.25, 0.3) is 5.91 Å². The molecule has 1 fully saturated rings. The van der Waals surface area contributed by atoms with E-state index in [1.807, 2.05) is 30.3 Å². The lowest BCUT2D eigenvalue weighted by molar-refractivity contribution is -0.921. The second kappa shape index (κ2) is 7.73. The number of carbonyl (C=O) groups excluding carboxylic acids is 1. The van der Waals surface area contributed by atoms with E-state index in [4.69, 9.17) is 9.15 Å². The third-order valence-electron chi connectivity index (χ3n) is 4.75. The molecule has 138 valence electrons. The first-order chi connectivity index (χ1) is 13.2. The van der Waals surface area contributed by atoms with Crippen LogP contribution in [0.25, 0.3) is 11.0 Å². The number of nitrogens with one attached hydrogen (secondary N) is 2. The Morgan fingerprint density at radius 1 is 1.04 bits per heavy atom. The highest BCUT2D eigenvalue weighted by molar-refractivity contribution is 6.05. The van der Waals surface area contributed by atoms with Crippen molar-refractivity contribution < 1.29 is 18.8 Å². The molecule has 2 heterocycles. The van der Waals surface area contributed by atoms with Gasteiger partial charge in [-0.1, -0.05) is 30.3 Å². The van der Waals surface area contributed by atoms with Gasteiger partial charge in [-0.25, -0.2) is 4.79 Å². The Hall–Kier alpha value is -2.96. The van der Waals surface area contributed by atoms with E-state index in [2.05, 4.69) is 5.32 Å². The molecular formula is C21H21N2O4+. The first-order valence-corrected chi connectivity index (χ1v) is 9.03. The summed E-state index contributed by atoms with van der Waals surface area (Å²) in [5.74, 6) is -0.471. The van der Waals surface area contributed by atoms with Gasteiger partial charge in [-0.2, -0.15) is 0 Å². The molecule has 6 nitrogen and oxygen atoms in total. The fourth-order valence-electron chi connectivity index (χ4n) is 3.25. The van der Waals surface area contributed by atoms with Gasteiger partial charge in [-0.15, -0.1) is 0 Å². The van der Waals surface area contributed by atoms with Crippen molar-refractivity contribution in [3.8, 4) is 0 Å².